The largest absolute Gasteiger partial charge is 0.445 e. The Morgan fingerprint density at radius 2 is 1.52 bits per heavy atom. The van der Waals surface area contributed by atoms with Crippen LogP contribution >= 0.6 is 0 Å². The van der Waals surface area contributed by atoms with Crippen LogP contribution in [0.15, 0.2) is 60.7 Å². The van der Waals surface area contributed by atoms with Crippen LogP contribution < -0.4 is 16.9 Å². The summed E-state index contributed by atoms with van der Waals surface area (Å²) in [6, 6.07) is 17.2. The van der Waals surface area contributed by atoms with Gasteiger partial charge >= 0.3 is 6.09 Å². The monoisotopic (exact) mass is 370 g/mol. The van der Waals surface area contributed by atoms with Gasteiger partial charge in [-0.05, 0) is 17.5 Å². The summed E-state index contributed by atoms with van der Waals surface area (Å²) < 4.78 is 4.97. The van der Waals surface area contributed by atoms with E-state index in [1.807, 2.05) is 48.5 Å². The van der Waals surface area contributed by atoms with E-state index in [4.69, 9.17) is 16.3 Å². The number of amides is 3. The van der Waals surface area contributed by atoms with E-state index in [1.165, 1.54) is 0 Å². The summed E-state index contributed by atoms with van der Waals surface area (Å²) >= 11 is 0. The molecule has 1 unspecified atom stereocenters. The molecule has 142 valence electrons. The molecular weight excluding hydrogens is 348 g/mol. The molecule has 3 amide bonds. The number of hydrogen-bond acceptors (Lipinski definition) is 6. The lowest BCUT2D eigenvalue weighted by Gasteiger charge is -2.19. The maximum Gasteiger partial charge on any atom is 0.407 e. The third-order valence-corrected chi connectivity index (χ3v) is 3.72. The van der Waals surface area contributed by atoms with E-state index in [2.05, 4.69) is 5.32 Å². The molecule has 8 nitrogen and oxygen atoms in total. The third kappa shape index (κ3) is 6.53. The molecule has 8 heteroatoms. The molecule has 0 aliphatic rings. The van der Waals surface area contributed by atoms with Crippen LogP contribution in [0.25, 0.3) is 0 Å². The van der Waals surface area contributed by atoms with Crippen LogP contribution in [0.1, 0.15) is 11.1 Å². The molecule has 0 spiro atoms. The number of alkyl carbamates (subject to hydrolysis) is 1. The number of hydrogen-bond donors (Lipinski definition) is 3. The molecule has 0 radical (unpaired) electrons. The fourth-order valence-corrected chi connectivity index (χ4v) is 2.26. The number of nitrogens with zero attached hydrogens (tertiary/aromatic N) is 1. The molecule has 0 aromatic heterocycles. The summed E-state index contributed by atoms with van der Waals surface area (Å²) in [5, 5.41) is 2.67. The zero-order valence-corrected chi connectivity index (χ0v) is 14.7. The van der Waals surface area contributed by atoms with Crippen molar-refractivity contribution in [3.05, 3.63) is 71.8 Å². The van der Waals surface area contributed by atoms with Gasteiger partial charge in [0.15, 0.2) is 0 Å². The van der Waals surface area contributed by atoms with Crippen molar-refractivity contribution in [3.63, 3.8) is 0 Å². The van der Waals surface area contributed by atoms with Crippen molar-refractivity contribution in [1.29, 1.82) is 0 Å². The van der Waals surface area contributed by atoms with Gasteiger partial charge in [-0.15, -0.1) is 0 Å². The number of hydrazine groups is 1. The van der Waals surface area contributed by atoms with Crippen LogP contribution in [0.5, 0.6) is 0 Å². The Kier molecular flexibility index (Phi) is 7.48. The van der Waals surface area contributed by atoms with E-state index in [-0.39, 0.29) is 13.0 Å². The van der Waals surface area contributed by atoms with E-state index in [0.717, 1.165) is 11.1 Å². The van der Waals surface area contributed by atoms with Crippen molar-refractivity contribution >= 4 is 17.9 Å². The van der Waals surface area contributed by atoms with Gasteiger partial charge in [0.2, 0.25) is 0 Å². The van der Waals surface area contributed by atoms with Crippen LogP contribution in [0.4, 0.5) is 4.79 Å². The van der Waals surface area contributed by atoms with Gasteiger partial charge in [-0.2, -0.15) is 0 Å². The van der Waals surface area contributed by atoms with E-state index < -0.39 is 30.5 Å². The highest BCUT2D eigenvalue weighted by Crippen LogP contribution is 2.03. The molecular formula is C19H22N4O4. The van der Waals surface area contributed by atoms with Crippen LogP contribution in [-0.4, -0.2) is 35.5 Å². The summed E-state index contributed by atoms with van der Waals surface area (Å²) in [6.07, 6.45) is -0.547. The zero-order valence-electron chi connectivity index (χ0n) is 14.7. The van der Waals surface area contributed by atoms with Crippen molar-refractivity contribution in [2.75, 3.05) is 6.54 Å². The number of nitrogens with two attached hydrogens (primary N) is 2. The zero-order chi connectivity index (χ0) is 19.6. The van der Waals surface area contributed by atoms with Gasteiger partial charge in [0.25, 0.3) is 11.8 Å². The fourth-order valence-electron chi connectivity index (χ4n) is 2.26. The van der Waals surface area contributed by atoms with E-state index in [1.54, 1.807) is 12.1 Å². The van der Waals surface area contributed by atoms with Gasteiger partial charge < -0.3 is 15.8 Å². The van der Waals surface area contributed by atoms with E-state index >= 15 is 0 Å². The molecule has 1 atom stereocenters. The summed E-state index contributed by atoms with van der Waals surface area (Å²) in [5.41, 5.74) is 7.48. The maximum atomic E-state index is 12.2. The second-order valence-corrected chi connectivity index (χ2v) is 5.81. The second kappa shape index (κ2) is 10.0. The highest BCUT2D eigenvalue weighted by molar-refractivity contribution is 5.98. The highest BCUT2D eigenvalue weighted by Gasteiger charge is 2.24. The normalized spacial score (nSPS) is 11.3. The molecule has 0 bridgehead atoms. The number of benzene rings is 2. The predicted octanol–water partition coefficient (Wildman–Crippen LogP) is 0.712. The number of carbonyl (C=O) groups is 3. The van der Waals surface area contributed by atoms with Crippen molar-refractivity contribution < 1.29 is 19.1 Å². The maximum absolute atomic E-state index is 12.2. The molecule has 5 N–H and O–H groups in total. The molecule has 2 aromatic carbocycles. The molecule has 0 aliphatic heterocycles. The van der Waals surface area contributed by atoms with Crippen LogP contribution in [-0.2, 0) is 27.4 Å². The SMILES string of the molecule is NC(Cc1ccccc1)C(=O)N(N)C(=O)CNC(=O)OCc1ccccc1. The first-order chi connectivity index (χ1) is 13.0. The van der Waals surface area contributed by atoms with Crippen LogP contribution in [0.3, 0.4) is 0 Å². The number of carbonyl (C=O) groups excluding carboxylic acids is 3. The second-order valence-electron chi connectivity index (χ2n) is 5.81. The van der Waals surface area contributed by atoms with Gasteiger partial charge in [-0.25, -0.2) is 15.6 Å². The minimum atomic E-state index is -0.966. The first kappa shape index (κ1) is 20.1. The topological polar surface area (TPSA) is 128 Å². The fraction of sp³-hybridized carbons (Fsp3) is 0.211. The number of imide groups is 1. The molecule has 0 saturated heterocycles. The number of ether oxygens (including phenoxy) is 1. The van der Waals surface area contributed by atoms with Crippen LogP contribution in [0.2, 0.25) is 0 Å². The van der Waals surface area contributed by atoms with E-state index in [0.29, 0.717) is 5.01 Å². The molecule has 0 heterocycles. The molecule has 0 fully saturated rings. The van der Waals surface area contributed by atoms with Gasteiger partial charge in [-0.3, -0.25) is 9.59 Å². The van der Waals surface area contributed by atoms with Crippen molar-refractivity contribution in [2.24, 2.45) is 11.6 Å². The van der Waals surface area contributed by atoms with Gasteiger partial charge in [-0.1, -0.05) is 60.7 Å². The number of rotatable bonds is 7. The minimum absolute atomic E-state index is 0.0636. The van der Waals surface area contributed by atoms with Crippen molar-refractivity contribution in [3.8, 4) is 0 Å². The van der Waals surface area contributed by atoms with Crippen molar-refractivity contribution in [1.82, 2.24) is 10.3 Å². The quantitative estimate of drug-likeness (QED) is 0.374. The molecule has 0 aliphatic carbocycles. The first-order valence-electron chi connectivity index (χ1n) is 8.33. The third-order valence-electron chi connectivity index (χ3n) is 3.72. The Morgan fingerprint density at radius 1 is 0.963 bits per heavy atom. The Bertz CT molecular complexity index is 768. The van der Waals surface area contributed by atoms with Gasteiger partial charge in [0.05, 0.1) is 6.04 Å². The Balaban J connectivity index is 1.75. The molecule has 2 aromatic rings. The minimum Gasteiger partial charge on any atom is -0.445 e. The Hall–Kier alpha value is -3.23. The molecule has 0 saturated carbocycles. The molecule has 2 rings (SSSR count). The summed E-state index contributed by atoms with van der Waals surface area (Å²) in [4.78, 5) is 35.8. The summed E-state index contributed by atoms with van der Waals surface area (Å²) in [7, 11) is 0. The predicted molar refractivity (Wildman–Crippen MR) is 98.8 cm³/mol. The standard InChI is InChI=1S/C19H22N4O4/c20-16(11-14-7-3-1-4-8-14)18(25)23(21)17(24)12-22-19(26)27-13-15-9-5-2-6-10-15/h1-10,16H,11-13,20-21H2,(H,22,26). The summed E-state index contributed by atoms with van der Waals surface area (Å²) in [6.45, 7) is -0.415. The van der Waals surface area contributed by atoms with Crippen molar-refractivity contribution in [2.45, 2.75) is 19.1 Å². The number of nitrogens with one attached hydrogen (secondary N) is 1. The Morgan fingerprint density at radius 3 is 2.11 bits per heavy atom. The average molecular weight is 370 g/mol. The summed E-state index contributed by atoms with van der Waals surface area (Å²) in [5.74, 6) is 4.00. The Labute approximate surface area is 157 Å². The lowest BCUT2D eigenvalue weighted by atomic mass is 10.1. The smallest absolute Gasteiger partial charge is 0.407 e. The van der Waals surface area contributed by atoms with Gasteiger partial charge in [0, 0.05) is 0 Å². The highest BCUT2D eigenvalue weighted by atomic mass is 16.5. The lowest BCUT2D eigenvalue weighted by molar-refractivity contribution is -0.145. The lowest BCUT2D eigenvalue weighted by Crippen LogP contribution is -2.54. The molecule has 27 heavy (non-hydrogen) atoms. The van der Waals surface area contributed by atoms with E-state index in [9.17, 15) is 14.4 Å². The first-order valence-corrected chi connectivity index (χ1v) is 8.33. The van der Waals surface area contributed by atoms with Gasteiger partial charge in [0.1, 0.15) is 13.2 Å². The average Bonchev–Trinajstić information content (AvgIpc) is 2.70. The van der Waals surface area contributed by atoms with Crippen LogP contribution in [0, 0.1) is 0 Å².